The van der Waals surface area contributed by atoms with Crippen molar-refractivity contribution in [3.8, 4) is 0 Å². The minimum absolute atomic E-state index is 0.574. The predicted octanol–water partition coefficient (Wildman–Crippen LogP) is 4.78. The van der Waals surface area contributed by atoms with Crippen LogP contribution in [0.3, 0.4) is 0 Å². The fourth-order valence-electron chi connectivity index (χ4n) is 2.33. The Morgan fingerprint density at radius 3 is 1.72 bits per heavy atom. The maximum absolute atomic E-state index is 11.1. The molecule has 4 heteroatoms. The van der Waals surface area contributed by atoms with Gasteiger partial charge >= 0.3 is 0 Å². The summed E-state index contributed by atoms with van der Waals surface area (Å²) in [5.74, 6) is 0. The normalized spacial score (nSPS) is 13.8. The average molecular weight is 261 g/mol. The first kappa shape index (κ1) is 17.8. The van der Waals surface area contributed by atoms with Gasteiger partial charge in [0, 0.05) is 12.8 Å². The van der Waals surface area contributed by atoms with Crippen LogP contribution in [0.5, 0.6) is 0 Å². The highest BCUT2D eigenvalue weighted by molar-refractivity contribution is 4.57. The molecule has 2 N–H and O–H groups in total. The van der Waals surface area contributed by atoms with Crippen LogP contribution < -0.4 is 0 Å². The molecule has 0 saturated carbocycles. The third-order valence-corrected chi connectivity index (χ3v) is 3.49. The van der Waals surface area contributed by atoms with E-state index in [-0.39, 0.29) is 0 Å². The van der Waals surface area contributed by atoms with E-state index in [4.69, 9.17) is 10.4 Å². The van der Waals surface area contributed by atoms with Crippen LogP contribution in [0.25, 0.3) is 0 Å². The molecular weight excluding hydrogens is 230 g/mol. The van der Waals surface area contributed by atoms with Gasteiger partial charge in [0.2, 0.25) is 0 Å². The highest BCUT2D eigenvalue weighted by Crippen LogP contribution is 2.18. The molecule has 0 rings (SSSR count). The Morgan fingerprint density at radius 2 is 1.28 bits per heavy atom. The molecule has 1 unspecified atom stereocenters. The van der Waals surface area contributed by atoms with Crippen molar-refractivity contribution in [2.24, 2.45) is 0 Å². The van der Waals surface area contributed by atoms with E-state index in [1.807, 2.05) is 6.92 Å². The summed E-state index contributed by atoms with van der Waals surface area (Å²) in [5, 5.41) is 29.2. The number of nitrogens with zero attached hydrogens (tertiary/aromatic N) is 1. The zero-order chi connectivity index (χ0) is 13.9. The van der Waals surface area contributed by atoms with Gasteiger partial charge in [-0.15, -0.1) is 0 Å². The van der Waals surface area contributed by atoms with Crippen molar-refractivity contribution in [2.75, 3.05) is 0 Å². The monoisotopic (exact) mass is 261 g/mol. The lowest BCUT2D eigenvalue weighted by Crippen LogP contribution is -2.44. The van der Waals surface area contributed by atoms with Gasteiger partial charge in [0.25, 0.3) is 0 Å². The second kappa shape index (κ2) is 10.7. The molecule has 0 radical (unpaired) electrons. The van der Waals surface area contributed by atoms with E-state index in [2.05, 4.69) is 6.92 Å². The van der Waals surface area contributed by atoms with Crippen LogP contribution in [0.2, 0.25) is 0 Å². The van der Waals surface area contributed by atoms with E-state index >= 15 is 0 Å². The van der Waals surface area contributed by atoms with Gasteiger partial charge in [0.1, 0.15) is 0 Å². The summed E-state index contributed by atoms with van der Waals surface area (Å²) in [6.45, 7) is 4.17. The third kappa shape index (κ3) is 9.83. The molecule has 4 nitrogen and oxygen atoms in total. The Kier molecular flexibility index (Phi) is 10.6. The van der Waals surface area contributed by atoms with Crippen molar-refractivity contribution >= 4 is 0 Å². The lowest BCUT2D eigenvalue weighted by Gasteiger charge is -2.32. The molecule has 0 aliphatic heterocycles. The minimum Gasteiger partial charge on any atom is -0.564 e. The van der Waals surface area contributed by atoms with Gasteiger partial charge in [0.15, 0.2) is 6.04 Å². The molecule has 18 heavy (non-hydrogen) atoms. The maximum Gasteiger partial charge on any atom is 0.152 e. The first-order chi connectivity index (χ1) is 8.52. The first-order valence-corrected chi connectivity index (χ1v) is 7.57. The largest absolute Gasteiger partial charge is 0.564 e. The summed E-state index contributed by atoms with van der Waals surface area (Å²) in [6.07, 6.45) is 11.7. The number of rotatable bonds is 12. The molecule has 1 atom stereocenters. The van der Waals surface area contributed by atoms with Gasteiger partial charge in [-0.2, -0.15) is 10.4 Å². The minimum atomic E-state index is -2.11. The molecule has 0 saturated heterocycles. The third-order valence-electron chi connectivity index (χ3n) is 3.49. The van der Waals surface area contributed by atoms with E-state index in [1.165, 1.54) is 38.5 Å². The summed E-state index contributed by atoms with van der Waals surface area (Å²) in [7, 11) is 0. The highest BCUT2D eigenvalue weighted by atomic mass is 17.1. The smallest absolute Gasteiger partial charge is 0.152 e. The Balaban J connectivity index is 3.50. The van der Waals surface area contributed by atoms with Crippen LogP contribution in [0.1, 0.15) is 84.5 Å². The predicted molar refractivity (Wildman–Crippen MR) is 73.1 cm³/mol. The zero-order valence-corrected chi connectivity index (χ0v) is 12.1. The van der Waals surface area contributed by atoms with E-state index < -0.39 is 11.0 Å². The molecule has 0 aromatic carbocycles. The number of hydrogen-bond donors (Lipinski definition) is 2. The molecule has 110 valence electrons. The number of hydrogen-bond acceptors (Lipinski definition) is 3. The molecular formula is C14H31NO3. The van der Waals surface area contributed by atoms with Crippen molar-refractivity contribution in [3.63, 3.8) is 0 Å². The molecule has 0 aromatic heterocycles. The SMILES string of the molecule is CCCCCCCCCCC(CCC)[N+]([O-])(O)O. The Labute approximate surface area is 112 Å². The van der Waals surface area contributed by atoms with Gasteiger partial charge in [-0.1, -0.05) is 70.2 Å². The number of unbranched alkanes of at least 4 members (excludes halogenated alkanes) is 7. The molecule has 0 aliphatic carbocycles. The van der Waals surface area contributed by atoms with Gasteiger partial charge in [-0.25, -0.2) is 0 Å². The van der Waals surface area contributed by atoms with Gasteiger partial charge in [-0.05, 0) is 6.42 Å². The van der Waals surface area contributed by atoms with Crippen LogP contribution in [-0.2, 0) is 0 Å². The standard InChI is InChI=1S/C14H31NO3/c1-3-5-6-7-8-9-10-11-13-14(12-4-2)15(16,17)18/h14,16-17H,3-13H2,1-2H3. The topological polar surface area (TPSA) is 63.5 Å². The maximum atomic E-state index is 11.1. The zero-order valence-electron chi connectivity index (χ0n) is 12.1. The Morgan fingerprint density at radius 1 is 0.778 bits per heavy atom. The molecule has 0 heterocycles. The second-order valence-corrected chi connectivity index (χ2v) is 5.30. The fourth-order valence-corrected chi connectivity index (χ4v) is 2.33. The molecule has 0 aliphatic rings. The molecule has 0 fully saturated rings. The van der Waals surface area contributed by atoms with Crippen LogP contribution >= 0.6 is 0 Å². The first-order valence-electron chi connectivity index (χ1n) is 7.57. The lowest BCUT2D eigenvalue weighted by molar-refractivity contribution is -1.23. The van der Waals surface area contributed by atoms with Crippen molar-refractivity contribution in [2.45, 2.75) is 90.5 Å². The summed E-state index contributed by atoms with van der Waals surface area (Å²) < 4.78 is 0. The Bertz CT molecular complexity index is 180. The number of hydroxylamine groups is 3. The van der Waals surface area contributed by atoms with E-state index in [9.17, 15) is 5.21 Å². The van der Waals surface area contributed by atoms with E-state index in [0.29, 0.717) is 12.8 Å². The van der Waals surface area contributed by atoms with Gasteiger partial charge < -0.3 is 5.21 Å². The van der Waals surface area contributed by atoms with E-state index in [1.54, 1.807) is 0 Å². The van der Waals surface area contributed by atoms with Crippen LogP contribution in [0, 0.1) is 5.21 Å². The van der Waals surface area contributed by atoms with Gasteiger partial charge in [-0.3, -0.25) is 0 Å². The summed E-state index contributed by atoms with van der Waals surface area (Å²) >= 11 is 0. The van der Waals surface area contributed by atoms with Crippen molar-refractivity contribution in [3.05, 3.63) is 5.21 Å². The van der Waals surface area contributed by atoms with Crippen molar-refractivity contribution < 1.29 is 15.4 Å². The number of quaternary nitrogens is 1. The molecule has 0 bridgehead atoms. The molecule has 0 spiro atoms. The Hall–Kier alpha value is -0.160. The molecule has 0 aromatic rings. The van der Waals surface area contributed by atoms with Crippen LogP contribution in [0.4, 0.5) is 0 Å². The highest BCUT2D eigenvalue weighted by Gasteiger charge is 2.24. The fraction of sp³-hybridized carbons (Fsp3) is 1.00. The lowest BCUT2D eigenvalue weighted by atomic mass is 10.0. The summed E-state index contributed by atoms with van der Waals surface area (Å²) in [5.41, 5.74) is 0. The molecule has 0 amide bonds. The quantitative estimate of drug-likeness (QED) is 0.302. The summed E-state index contributed by atoms with van der Waals surface area (Å²) in [4.78, 5) is -2.11. The summed E-state index contributed by atoms with van der Waals surface area (Å²) in [6, 6.07) is -0.574. The van der Waals surface area contributed by atoms with Gasteiger partial charge in [0.05, 0.1) is 0 Å². The van der Waals surface area contributed by atoms with E-state index in [0.717, 1.165) is 19.3 Å². The average Bonchev–Trinajstić information content (AvgIpc) is 2.30. The van der Waals surface area contributed by atoms with Crippen molar-refractivity contribution in [1.82, 2.24) is 0 Å². The van der Waals surface area contributed by atoms with Crippen molar-refractivity contribution in [1.29, 1.82) is 0 Å². The van der Waals surface area contributed by atoms with Crippen LogP contribution in [-0.4, -0.2) is 21.4 Å². The van der Waals surface area contributed by atoms with Crippen LogP contribution in [0.15, 0.2) is 0 Å². The second-order valence-electron chi connectivity index (χ2n) is 5.30.